The Morgan fingerprint density at radius 3 is 2.84 bits per heavy atom. The van der Waals surface area contributed by atoms with Crippen LogP contribution in [-0.4, -0.2) is 58.0 Å². The van der Waals surface area contributed by atoms with Crippen molar-refractivity contribution in [3.63, 3.8) is 0 Å². The van der Waals surface area contributed by atoms with Crippen LogP contribution in [0.15, 0.2) is 12.4 Å². The van der Waals surface area contributed by atoms with Crippen molar-refractivity contribution in [2.75, 3.05) is 26.7 Å². The summed E-state index contributed by atoms with van der Waals surface area (Å²) in [7, 11) is 2.12. The summed E-state index contributed by atoms with van der Waals surface area (Å²) in [4.78, 5) is 21.8. The molecule has 5 nitrogen and oxygen atoms in total. The lowest BCUT2D eigenvalue weighted by Crippen LogP contribution is -2.45. The van der Waals surface area contributed by atoms with Crippen LogP contribution in [0.5, 0.6) is 0 Å². The van der Waals surface area contributed by atoms with E-state index in [0.29, 0.717) is 24.4 Å². The second kappa shape index (κ2) is 8.84. The van der Waals surface area contributed by atoms with Crippen LogP contribution in [0.3, 0.4) is 0 Å². The minimum absolute atomic E-state index is 0.297. The molecule has 0 bridgehead atoms. The van der Waals surface area contributed by atoms with Gasteiger partial charge in [0.15, 0.2) is 0 Å². The van der Waals surface area contributed by atoms with Gasteiger partial charge in [-0.2, -0.15) is 0 Å². The Bertz CT molecular complexity index is 550. The number of hydrogen-bond donors (Lipinski definition) is 0. The lowest BCUT2D eigenvalue weighted by Gasteiger charge is -2.34. The minimum atomic E-state index is 0.297. The number of rotatable bonds is 7. The molecule has 2 heterocycles. The Hall–Kier alpha value is -1.36. The number of amides is 1. The number of nitrogens with zero attached hydrogens (tertiary/aromatic N) is 4. The van der Waals surface area contributed by atoms with E-state index in [1.807, 2.05) is 6.20 Å². The molecule has 1 aliphatic carbocycles. The molecule has 25 heavy (non-hydrogen) atoms. The van der Waals surface area contributed by atoms with Crippen molar-refractivity contribution in [3.8, 4) is 0 Å². The van der Waals surface area contributed by atoms with Gasteiger partial charge in [0.25, 0.3) is 0 Å². The maximum Gasteiger partial charge on any atom is 0.236 e. The zero-order valence-corrected chi connectivity index (χ0v) is 16.0. The zero-order chi connectivity index (χ0) is 17.6. The van der Waals surface area contributed by atoms with E-state index in [1.165, 1.54) is 44.3 Å². The van der Waals surface area contributed by atoms with Crippen molar-refractivity contribution >= 4 is 5.91 Å². The summed E-state index contributed by atoms with van der Waals surface area (Å²) in [6.07, 6.45) is 13.8. The van der Waals surface area contributed by atoms with Crippen molar-refractivity contribution in [1.29, 1.82) is 0 Å². The smallest absolute Gasteiger partial charge is 0.236 e. The van der Waals surface area contributed by atoms with Gasteiger partial charge in [0.05, 0.1) is 6.54 Å². The second-order valence-corrected chi connectivity index (χ2v) is 7.86. The van der Waals surface area contributed by atoms with E-state index in [2.05, 4.69) is 39.5 Å². The second-order valence-electron chi connectivity index (χ2n) is 7.86. The molecule has 2 aliphatic rings. The molecule has 1 unspecified atom stereocenters. The third kappa shape index (κ3) is 4.63. The number of piperidine rings is 1. The summed E-state index contributed by atoms with van der Waals surface area (Å²) in [6.45, 7) is 5.57. The SMILES string of the molecule is CCCCn1ccnc1C1CCCN(C(=O)CN(C)C2CCCC2)C1. The van der Waals surface area contributed by atoms with Gasteiger partial charge in [-0.25, -0.2) is 4.98 Å². The largest absolute Gasteiger partial charge is 0.341 e. The molecule has 1 aliphatic heterocycles. The van der Waals surface area contributed by atoms with Gasteiger partial charge in [-0.3, -0.25) is 9.69 Å². The van der Waals surface area contributed by atoms with E-state index in [9.17, 15) is 4.79 Å². The van der Waals surface area contributed by atoms with Crippen molar-refractivity contribution < 1.29 is 4.79 Å². The highest BCUT2D eigenvalue weighted by molar-refractivity contribution is 5.78. The number of aryl methyl sites for hydroxylation is 1. The Morgan fingerprint density at radius 2 is 2.08 bits per heavy atom. The van der Waals surface area contributed by atoms with Gasteiger partial charge >= 0.3 is 0 Å². The quantitative estimate of drug-likeness (QED) is 0.761. The van der Waals surface area contributed by atoms with Crippen LogP contribution in [0.1, 0.15) is 70.0 Å². The average molecular weight is 347 g/mol. The summed E-state index contributed by atoms with van der Waals surface area (Å²) < 4.78 is 2.30. The van der Waals surface area contributed by atoms with E-state index < -0.39 is 0 Å². The Kier molecular flexibility index (Phi) is 6.51. The molecule has 0 spiro atoms. The number of carbonyl (C=O) groups excluding carboxylic acids is 1. The summed E-state index contributed by atoms with van der Waals surface area (Å²) in [5.74, 6) is 1.86. The van der Waals surface area contributed by atoms with Crippen molar-refractivity contribution in [1.82, 2.24) is 19.4 Å². The van der Waals surface area contributed by atoms with Crippen molar-refractivity contribution in [2.45, 2.75) is 76.8 Å². The van der Waals surface area contributed by atoms with Gasteiger partial charge in [-0.15, -0.1) is 0 Å². The number of aromatic nitrogens is 2. The molecule has 1 aromatic heterocycles. The van der Waals surface area contributed by atoms with Gasteiger partial charge in [0.2, 0.25) is 5.91 Å². The highest BCUT2D eigenvalue weighted by Gasteiger charge is 2.29. The number of imidazole rings is 1. The Morgan fingerprint density at radius 1 is 1.28 bits per heavy atom. The predicted molar refractivity (Wildman–Crippen MR) is 101 cm³/mol. The molecule has 0 aromatic carbocycles. The molecular formula is C20H34N4O. The number of unbranched alkanes of at least 4 members (excludes halogenated alkanes) is 1. The molecule has 3 rings (SSSR count). The van der Waals surface area contributed by atoms with Gasteiger partial charge < -0.3 is 9.47 Å². The maximum atomic E-state index is 12.8. The summed E-state index contributed by atoms with van der Waals surface area (Å²) >= 11 is 0. The van der Waals surface area contributed by atoms with E-state index >= 15 is 0 Å². The third-order valence-corrected chi connectivity index (χ3v) is 5.97. The Labute approximate surface area is 152 Å². The highest BCUT2D eigenvalue weighted by Crippen LogP contribution is 2.27. The standard InChI is InChI=1S/C20H34N4O/c1-3-4-12-23-14-11-21-20(23)17-8-7-13-24(15-17)19(25)16-22(2)18-9-5-6-10-18/h11,14,17-18H,3-10,12-13,15-16H2,1-2H3. The fourth-order valence-corrected chi connectivity index (χ4v) is 4.40. The van der Waals surface area contributed by atoms with E-state index in [1.54, 1.807) is 0 Å². The maximum absolute atomic E-state index is 12.8. The normalized spacial score (nSPS) is 22.0. The summed E-state index contributed by atoms with van der Waals surface area (Å²) in [6, 6.07) is 0.609. The van der Waals surface area contributed by atoms with Crippen molar-refractivity contribution in [3.05, 3.63) is 18.2 Å². The first kappa shape index (κ1) is 18.4. The summed E-state index contributed by atoms with van der Waals surface area (Å²) in [5, 5.41) is 0. The number of likely N-dealkylation sites (tertiary alicyclic amines) is 1. The molecule has 0 N–H and O–H groups in total. The van der Waals surface area contributed by atoms with Crippen LogP contribution in [0.4, 0.5) is 0 Å². The molecule has 140 valence electrons. The molecular weight excluding hydrogens is 312 g/mol. The molecule has 1 aromatic rings. The molecule has 1 saturated carbocycles. The monoisotopic (exact) mass is 346 g/mol. The summed E-state index contributed by atoms with van der Waals surface area (Å²) in [5.41, 5.74) is 0. The number of likely N-dealkylation sites (N-methyl/N-ethyl adjacent to an activating group) is 1. The fraction of sp³-hybridized carbons (Fsp3) is 0.800. The van der Waals surface area contributed by atoms with Crippen LogP contribution >= 0.6 is 0 Å². The molecule has 1 saturated heterocycles. The molecule has 2 fully saturated rings. The topological polar surface area (TPSA) is 41.4 Å². The first-order valence-electron chi connectivity index (χ1n) is 10.2. The van der Waals surface area contributed by atoms with E-state index in [4.69, 9.17) is 0 Å². The van der Waals surface area contributed by atoms with Crippen LogP contribution in [0, 0.1) is 0 Å². The van der Waals surface area contributed by atoms with Gasteiger partial charge in [0, 0.05) is 44.0 Å². The first-order chi connectivity index (χ1) is 12.2. The number of carbonyl (C=O) groups is 1. The van der Waals surface area contributed by atoms with E-state index in [-0.39, 0.29) is 0 Å². The highest BCUT2D eigenvalue weighted by atomic mass is 16.2. The van der Waals surface area contributed by atoms with Gasteiger partial charge in [-0.1, -0.05) is 26.2 Å². The van der Waals surface area contributed by atoms with Crippen LogP contribution < -0.4 is 0 Å². The Balaban J connectivity index is 1.57. The van der Waals surface area contributed by atoms with Crippen LogP contribution in [0.25, 0.3) is 0 Å². The van der Waals surface area contributed by atoms with Gasteiger partial charge in [-0.05, 0) is 39.2 Å². The third-order valence-electron chi connectivity index (χ3n) is 5.97. The molecule has 1 atom stereocenters. The van der Waals surface area contributed by atoms with Crippen LogP contribution in [-0.2, 0) is 11.3 Å². The lowest BCUT2D eigenvalue weighted by molar-refractivity contribution is -0.133. The lowest BCUT2D eigenvalue weighted by atomic mass is 9.97. The van der Waals surface area contributed by atoms with E-state index in [0.717, 1.165) is 32.5 Å². The van der Waals surface area contributed by atoms with Gasteiger partial charge in [0.1, 0.15) is 5.82 Å². The number of hydrogen-bond acceptors (Lipinski definition) is 3. The predicted octanol–water partition coefficient (Wildman–Crippen LogP) is 3.26. The first-order valence-corrected chi connectivity index (χ1v) is 10.2. The zero-order valence-electron chi connectivity index (χ0n) is 16.0. The average Bonchev–Trinajstić information content (AvgIpc) is 3.31. The molecule has 5 heteroatoms. The fourth-order valence-electron chi connectivity index (χ4n) is 4.40. The molecule has 0 radical (unpaired) electrons. The van der Waals surface area contributed by atoms with Crippen molar-refractivity contribution in [2.24, 2.45) is 0 Å². The van der Waals surface area contributed by atoms with Crippen LogP contribution in [0.2, 0.25) is 0 Å². The minimum Gasteiger partial charge on any atom is -0.341 e. The molecule has 1 amide bonds.